The second-order valence-electron chi connectivity index (χ2n) is 0.799. The van der Waals surface area contributed by atoms with Gasteiger partial charge in [-0.2, -0.15) is 8.78 Å². The molecule has 0 saturated carbocycles. The first-order valence-electron chi connectivity index (χ1n) is 1.44. The topological polar surface area (TPSA) is 0 Å². The first kappa shape index (κ1) is 7.26. The van der Waals surface area contributed by atoms with Crippen LogP contribution in [0.3, 0.4) is 0 Å². The smallest absolute Gasteiger partial charge is 0.205 e. The lowest BCUT2D eigenvalue weighted by molar-refractivity contribution is 0.382. The molecular formula is C3H2F3I. The van der Waals surface area contributed by atoms with Gasteiger partial charge in [0.1, 0.15) is 0 Å². The molecule has 0 aromatic heterocycles. The van der Waals surface area contributed by atoms with Crippen LogP contribution in [0.4, 0.5) is 13.2 Å². The monoisotopic (exact) mass is 222 g/mol. The quantitative estimate of drug-likeness (QED) is 0.472. The van der Waals surface area contributed by atoms with Gasteiger partial charge in [0, 0.05) is 0 Å². The van der Waals surface area contributed by atoms with E-state index >= 15 is 0 Å². The third-order valence-electron chi connectivity index (χ3n) is 0.322. The molecule has 0 spiro atoms. The molecule has 0 heterocycles. The lowest BCUT2D eigenvalue weighted by Gasteiger charge is -1.80. The minimum absolute atomic E-state index is 0.250. The van der Waals surface area contributed by atoms with Crippen molar-refractivity contribution < 1.29 is 13.2 Å². The van der Waals surface area contributed by atoms with Crippen LogP contribution in [0.25, 0.3) is 0 Å². The molecule has 0 aliphatic heterocycles. The van der Waals surface area contributed by atoms with Crippen molar-refractivity contribution in [2.45, 2.75) is 0 Å². The Kier molecular flexibility index (Phi) is 3.41. The second kappa shape index (κ2) is 3.29. The molecule has 0 rings (SSSR count). The number of allylic oxidation sites excluding steroid dienone is 1. The summed E-state index contributed by atoms with van der Waals surface area (Å²) in [7, 11) is 0. The van der Waals surface area contributed by atoms with Crippen LogP contribution in [0.2, 0.25) is 0 Å². The summed E-state index contributed by atoms with van der Waals surface area (Å²) in [6.45, 7) is 0. The molecule has 0 aliphatic carbocycles. The van der Waals surface area contributed by atoms with Crippen LogP contribution in [-0.2, 0) is 0 Å². The van der Waals surface area contributed by atoms with Gasteiger partial charge in [0.15, 0.2) is 5.83 Å². The fraction of sp³-hybridized carbons (Fsp3) is 0.333. The van der Waals surface area contributed by atoms with Crippen LogP contribution in [0.15, 0.2) is 11.9 Å². The zero-order valence-corrected chi connectivity index (χ0v) is 5.38. The van der Waals surface area contributed by atoms with E-state index in [1.807, 2.05) is 0 Å². The van der Waals surface area contributed by atoms with Crippen molar-refractivity contribution in [3.63, 3.8) is 0 Å². The molecule has 0 nitrogen and oxygen atoms in total. The van der Waals surface area contributed by atoms with Gasteiger partial charge in [-0.3, -0.25) is 0 Å². The molecule has 0 radical (unpaired) electrons. The third kappa shape index (κ3) is 2.90. The maximum Gasteiger partial charge on any atom is 0.302 e. The molecule has 42 valence electrons. The van der Waals surface area contributed by atoms with E-state index in [1.54, 1.807) is 0 Å². The van der Waals surface area contributed by atoms with Gasteiger partial charge in [0.05, 0.1) is 4.43 Å². The Hall–Kier alpha value is 0.260. The minimum atomic E-state index is -2.21. The van der Waals surface area contributed by atoms with Crippen LogP contribution in [0, 0.1) is 0 Å². The van der Waals surface area contributed by atoms with E-state index in [4.69, 9.17) is 0 Å². The number of hydrogen-bond acceptors (Lipinski definition) is 0. The molecule has 7 heavy (non-hydrogen) atoms. The van der Waals surface area contributed by atoms with Crippen molar-refractivity contribution in [1.82, 2.24) is 0 Å². The summed E-state index contributed by atoms with van der Waals surface area (Å²) in [5.74, 6) is -1.33. The number of hydrogen-bond donors (Lipinski definition) is 0. The average Bonchev–Trinajstić information content (AvgIpc) is 1.65. The fourth-order valence-corrected chi connectivity index (χ4v) is 0.339. The highest BCUT2D eigenvalue weighted by molar-refractivity contribution is 14.1. The van der Waals surface area contributed by atoms with Gasteiger partial charge in [-0.25, -0.2) is 4.39 Å². The Morgan fingerprint density at radius 3 is 1.71 bits per heavy atom. The van der Waals surface area contributed by atoms with E-state index in [-0.39, 0.29) is 4.43 Å². The highest BCUT2D eigenvalue weighted by Gasteiger charge is 1.99. The van der Waals surface area contributed by atoms with Gasteiger partial charge < -0.3 is 0 Å². The van der Waals surface area contributed by atoms with Crippen molar-refractivity contribution in [3.05, 3.63) is 11.9 Å². The molecule has 4 heteroatoms. The van der Waals surface area contributed by atoms with E-state index in [9.17, 15) is 13.2 Å². The molecule has 0 aromatic carbocycles. The second-order valence-corrected chi connectivity index (χ2v) is 1.56. The van der Waals surface area contributed by atoms with Crippen molar-refractivity contribution in [2.75, 3.05) is 4.43 Å². The van der Waals surface area contributed by atoms with Gasteiger partial charge in [-0.1, -0.05) is 22.6 Å². The average molecular weight is 222 g/mol. The van der Waals surface area contributed by atoms with Crippen LogP contribution in [0.1, 0.15) is 0 Å². The molecule has 0 amide bonds. The standard InChI is InChI=1S/C3H2F3I/c4-2(1-7)3(5)6/h1H2. The van der Waals surface area contributed by atoms with E-state index in [0.717, 1.165) is 0 Å². The van der Waals surface area contributed by atoms with Gasteiger partial charge >= 0.3 is 6.08 Å². The first-order valence-corrected chi connectivity index (χ1v) is 2.96. The van der Waals surface area contributed by atoms with Gasteiger partial charge in [0.25, 0.3) is 0 Å². The Morgan fingerprint density at radius 1 is 1.29 bits per heavy atom. The summed E-state index contributed by atoms with van der Waals surface area (Å²) in [5, 5.41) is 0. The van der Waals surface area contributed by atoms with Crippen LogP contribution < -0.4 is 0 Å². The number of rotatable bonds is 1. The fourth-order valence-electron chi connectivity index (χ4n) is 0.0505. The highest BCUT2D eigenvalue weighted by Crippen LogP contribution is 2.10. The van der Waals surface area contributed by atoms with Gasteiger partial charge in [-0.15, -0.1) is 0 Å². The zero-order chi connectivity index (χ0) is 5.86. The highest BCUT2D eigenvalue weighted by atomic mass is 127. The van der Waals surface area contributed by atoms with Crippen molar-refractivity contribution in [1.29, 1.82) is 0 Å². The van der Waals surface area contributed by atoms with E-state index in [1.165, 1.54) is 22.6 Å². The largest absolute Gasteiger partial charge is 0.302 e. The Labute approximate surface area is 52.5 Å². The molecule has 0 aliphatic rings. The van der Waals surface area contributed by atoms with Crippen LogP contribution in [-0.4, -0.2) is 4.43 Å². The van der Waals surface area contributed by atoms with Gasteiger partial charge in [-0.05, 0) is 0 Å². The van der Waals surface area contributed by atoms with E-state index in [2.05, 4.69) is 0 Å². The maximum atomic E-state index is 11.4. The van der Waals surface area contributed by atoms with Crippen LogP contribution in [0.5, 0.6) is 0 Å². The summed E-state index contributed by atoms with van der Waals surface area (Å²) in [4.78, 5) is 0. The third-order valence-corrected chi connectivity index (χ3v) is 0.992. The predicted octanol–water partition coefficient (Wildman–Crippen LogP) is 2.50. The Morgan fingerprint density at radius 2 is 1.71 bits per heavy atom. The molecule has 0 fully saturated rings. The summed E-state index contributed by atoms with van der Waals surface area (Å²) in [6, 6.07) is 0. The van der Waals surface area contributed by atoms with E-state index in [0.29, 0.717) is 0 Å². The first-order chi connectivity index (χ1) is 3.18. The maximum absolute atomic E-state index is 11.4. The number of halogens is 4. The summed E-state index contributed by atoms with van der Waals surface area (Å²) in [5.41, 5.74) is 0. The zero-order valence-electron chi connectivity index (χ0n) is 3.22. The summed E-state index contributed by atoms with van der Waals surface area (Å²) >= 11 is 1.52. The lowest BCUT2D eigenvalue weighted by atomic mass is 10.7. The molecular weight excluding hydrogens is 220 g/mol. The SMILES string of the molecule is FC(F)=C(F)CI. The van der Waals surface area contributed by atoms with Crippen molar-refractivity contribution in [3.8, 4) is 0 Å². The molecule has 0 aromatic rings. The Balaban J connectivity index is 3.72. The molecule has 0 N–H and O–H groups in total. The molecule has 0 bridgehead atoms. The van der Waals surface area contributed by atoms with Crippen molar-refractivity contribution in [2.24, 2.45) is 0 Å². The summed E-state index contributed by atoms with van der Waals surface area (Å²) in [6.07, 6.45) is -2.21. The lowest BCUT2D eigenvalue weighted by Crippen LogP contribution is -1.72. The summed E-state index contributed by atoms with van der Waals surface area (Å²) < 4.78 is 33.0. The molecule has 0 unspecified atom stereocenters. The number of alkyl halides is 1. The molecule has 0 atom stereocenters. The minimum Gasteiger partial charge on any atom is -0.205 e. The van der Waals surface area contributed by atoms with Crippen molar-refractivity contribution >= 4 is 22.6 Å². The van der Waals surface area contributed by atoms with Gasteiger partial charge in [0.2, 0.25) is 0 Å². The predicted molar refractivity (Wildman–Crippen MR) is 29.2 cm³/mol. The molecule has 0 saturated heterocycles. The van der Waals surface area contributed by atoms with E-state index < -0.39 is 11.9 Å². The van der Waals surface area contributed by atoms with Crippen LogP contribution >= 0.6 is 22.6 Å². The Bertz CT molecular complexity index is 84.2. The normalized spacial score (nSPS) is 8.57.